The van der Waals surface area contributed by atoms with Gasteiger partial charge in [0.2, 0.25) is 5.95 Å². The van der Waals surface area contributed by atoms with Crippen molar-refractivity contribution in [1.82, 2.24) is 9.97 Å². The summed E-state index contributed by atoms with van der Waals surface area (Å²) in [6.45, 7) is 0. The highest BCUT2D eigenvalue weighted by atomic mass is 79.9. The standard InChI is InChI=1S/C16H14BrN3O2/c1-22-15(21)8-10-2-5-12(6-3-10)18-16-19-13-7-4-11(17)9-14(13)20-16/h2-7,9H,8H2,1H3,(H2,18,19,20). The van der Waals surface area contributed by atoms with Crippen molar-refractivity contribution < 1.29 is 9.53 Å². The van der Waals surface area contributed by atoms with Crippen LogP contribution < -0.4 is 5.32 Å². The average molecular weight is 360 g/mol. The topological polar surface area (TPSA) is 67.0 Å². The van der Waals surface area contributed by atoms with E-state index in [9.17, 15) is 4.79 Å². The van der Waals surface area contributed by atoms with Gasteiger partial charge in [-0.05, 0) is 35.9 Å². The van der Waals surface area contributed by atoms with Crippen LogP contribution in [0, 0.1) is 0 Å². The Balaban J connectivity index is 1.75. The minimum absolute atomic E-state index is 0.247. The van der Waals surface area contributed by atoms with E-state index in [2.05, 4.69) is 36.0 Å². The number of carbonyl (C=O) groups is 1. The Morgan fingerprint density at radius 2 is 2.05 bits per heavy atom. The third-order valence-corrected chi connectivity index (χ3v) is 3.73. The fraction of sp³-hybridized carbons (Fsp3) is 0.125. The summed E-state index contributed by atoms with van der Waals surface area (Å²) < 4.78 is 5.65. The number of methoxy groups -OCH3 is 1. The Hall–Kier alpha value is -2.34. The number of aromatic amines is 1. The Morgan fingerprint density at radius 1 is 1.27 bits per heavy atom. The molecule has 0 aliphatic carbocycles. The van der Waals surface area contributed by atoms with Gasteiger partial charge in [-0.25, -0.2) is 4.98 Å². The van der Waals surface area contributed by atoms with Crippen molar-refractivity contribution in [3.8, 4) is 0 Å². The maximum Gasteiger partial charge on any atom is 0.309 e. The maximum atomic E-state index is 11.2. The number of hydrogen-bond acceptors (Lipinski definition) is 4. The second-order valence-corrected chi connectivity index (χ2v) is 5.74. The summed E-state index contributed by atoms with van der Waals surface area (Å²) in [5, 5.41) is 3.21. The third kappa shape index (κ3) is 3.28. The van der Waals surface area contributed by atoms with Gasteiger partial charge in [-0.3, -0.25) is 4.79 Å². The molecule has 6 heteroatoms. The molecule has 1 aromatic heterocycles. The molecule has 0 aliphatic rings. The zero-order chi connectivity index (χ0) is 15.5. The van der Waals surface area contributed by atoms with Crippen molar-refractivity contribution in [2.24, 2.45) is 0 Å². The number of aromatic nitrogens is 2. The van der Waals surface area contributed by atoms with Gasteiger partial charge in [-0.2, -0.15) is 0 Å². The lowest BCUT2D eigenvalue weighted by Crippen LogP contribution is -2.04. The van der Waals surface area contributed by atoms with E-state index in [0.29, 0.717) is 5.95 Å². The van der Waals surface area contributed by atoms with E-state index < -0.39 is 0 Å². The molecule has 3 rings (SSSR count). The van der Waals surface area contributed by atoms with Crippen molar-refractivity contribution >= 4 is 44.6 Å². The Kier molecular flexibility index (Phi) is 4.11. The molecule has 112 valence electrons. The van der Waals surface area contributed by atoms with Crippen LogP contribution in [0.2, 0.25) is 0 Å². The summed E-state index contributed by atoms with van der Waals surface area (Å²) in [7, 11) is 1.39. The van der Waals surface area contributed by atoms with Gasteiger partial charge in [0.1, 0.15) is 0 Å². The molecule has 1 heterocycles. The van der Waals surface area contributed by atoms with Crippen LogP contribution in [-0.2, 0) is 16.0 Å². The van der Waals surface area contributed by atoms with Gasteiger partial charge in [0, 0.05) is 10.2 Å². The fourth-order valence-electron chi connectivity index (χ4n) is 2.12. The van der Waals surface area contributed by atoms with E-state index in [1.807, 2.05) is 42.5 Å². The largest absolute Gasteiger partial charge is 0.469 e. The Morgan fingerprint density at radius 3 is 2.77 bits per heavy atom. The number of imidazole rings is 1. The summed E-state index contributed by atoms with van der Waals surface area (Å²) in [6.07, 6.45) is 0.273. The summed E-state index contributed by atoms with van der Waals surface area (Å²) in [5.41, 5.74) is 3.66. The molecule has 2 aromatic carbocycles. The van der Waals surface area contributed by atoms with E-state index in [0.717, 1.165) is 26.8 Å². The highest BCUT2D eigenvalue weighted by molar-refractivity contribution is 9.10. The van der Waals surface area contributed by atoms with E-state index in [1.165, 1.54) is 7.11 Å². The molecule has 0 bridgehead atoms. The van der Waals surface area contributed by atoms with Crippen LogP contribution in [0.1, 0.15) is 5.56 Å². The van der Waals surface area contributed by atoms with E-state index in [1.54, 1.807) is 0 Å². The number of benzene rings is 2. The molecule has 0 spiro atoms. The molecular formula is C16H14BrN3O2. The normalized spacial score (nSPS) is 10.6. The van der Waals surface area contributed by atoms with Crippen LogP contribution in [0.3, 0.4) is 0 Å². The van der Waals surface area contributed by atoms with Gasteiger partial charge in [0.05, 0.1) is 24.6 Å². The molecule has 0 atom stereocenters. The number of hydrogen-bond donors (Lipinski definition) is 2. The van der Waals surface area contributed by atoms with E-state index >= 15 is 0 Å². The number of halogens is 1. The first-order chi connectivity index (χ1) is 10.6. The molecule has 0 radical (unpaired) electrons. The molecule has 2 N–H and O–H groups in total. The van der Waals surface area contributed by atoms with Gasteiger partial charge in [0.25, 0.3) is 0 Å². The smallest absolute Gasteiger partial charge is 0.309 e. The minimum atomic E-state index is -0.247. The number of esters is 1. The van der Waals surface area contributed by atoms with Crippen LogP contribution in [0.5, 0.6) is 0 Å². The molecule has 0 saturated heterocycles. The van der Waals surface area contributed by atoms with Gasteiger partial charge < -0.3 is 15.0 Å². The first-order valence-corrected chi connectivity index (χ1v) is 7.51. The zero-order valence-corrected chi connectivity index (χ0v) is 13.5. The SMILES string of the molecule is COC(=O)Cc1ccc(Nc2nc3ccc(Br)cc3[nH]2)cc1. The number of ether oxygens (including phenoxy) is 1. The molecule has 22 heavy (non-hydrogen) atoms. The number of fused-ring (bicyclic) bond motifs is 1. The summed E-state index contributed by atoms with van der Waals surface area (Å²) in [4.78, 5) is 18.9. The first kappa shape index (κ1) is 14.6. The van der Waals surface area contributed by atoms with E-state index in [-0.39, 0.29) is 12.4 Å². The summed E-state index contributed by atoms with van der Waals surface area (Å²) in [5.74, 6) is 0.428. The lowest BCUT2D eigenvalue weighted by atomic mass is 10.1. The molecular weight excluding hydrogens is 346 g/mol. The second kappa shape index (κ2) is 6.19. The maximum absolute atomic E-state index is 11.2. The highest BCUT2D eigenvalue weighted by Crippen LogP contribution is 2.21. The molecule has 3 aromatic rings. The van der Waals surface area contributed by atoms with Gasteiger partial charge in [-0.1, -0.05) is 28.1 Å². The van der Waals surface area contributed by atoms with Crippen LogP contribution >= 0.6 is 15.9 Å². The van der Waals surface area contributed by atoms with Crippen molar-refractivity contribution in [3.63, 3.8) is 0 Å². The molecule has 0 fully saturated rings. The van der Waals surface area contributed by atoms with Crippen molar-refractivity contribution in [2.75, 3.05) is 12.4 Å². The second-order valence-electron chi connectivity index (χ2n) is 4.82. The molecule has 0 saturated carbocycles. The van der Waals surface area contributed by atoms with Gasteiger partial charge in [0.15, 0.2) is 0 Å². The Bertz CT molecular complexity index is 812. The average Bonchev–Trinajstić information content (AvgIpc) is 2.90. The summed E-state index contributed by atoms with van der Waals surface area (Å²) in [6, 6.07) is 13.5. The highest BCUT2D eigenvalue weighted by Gasteiger charge is 2.05. The number of nitrogens with zero attached hydrogens (tertiary/aromatic N) is 1. The molecule has 0 unspecified atom stereocenters. The molecule has 0 aliphatic heterocycles. The minimum Gasteiger partial charge on any atom is -0.469 e. The first-order valence-electron chi connectivity index (χ1n) is 6.72. The monoisotopic (exact) mass is 359 g/mol. The molecule has 0 amide bonds. The van der Waals surface area contributed by atoms with Crippen molar-refractivity contribution in [1.29, 1.82) is 0 Å². The quantitative estimate of drug-likeness (QED) is 0.695. The zero-order valence-electron chi connectivity index (χ0n) is 11.9. The van der Waals surface area contributed by atoms with Crippen LogP contribution in [0.15, 0.2) is 46.9 Å². The number of H-pyrrole nitrogens is 1. The van der Waals surface area contributed by atoms with Gasteiger partial charge >= 0.3 is 5.97 Å². The Labute approximate surface area is 135 Å². The van der Waals surface area contributed by atoms with Crippen molar-refractivity contribution in [2.45, 2.75) is 6.42 Å². The number of rotatable bonds is 4. The lowest BCUT2D eigenvalue weighted by molar-refractivity contribution is -0.139. The third-order valence-electron chi connectivity index (χ3n) is 3.24. The predicted molar refractivity (Wildman–Crippen MR) is 89.2 cm³/mol. The number of anilines is 2. The van der Waals surface area contributed by atoms with Crippen molar-refractivity contribution in [3.05, 3.63) is 52.5 Å². The fourth-order valence-corrected chi connectivity index (χ4v) is 2.48. The van der Waals surface area contributed by atoms with Gasteiger partial charge in [-0.15, -0.1) is 0 Å². The lowest BCUT2D eigenvalue weighted by Gasteiger charge is -2.04. The predicted octanol–water partition coefficient (Wildman–Crippen LogP) is 3.78. The molecule has 5 nitrogen and oxygen atoms in total. The number of carbonyl (C=O) groups excluding carboxylic acids is 1. The van der Waals surface area contributed by atoms with Crippen LogP contribution in [-0.4, -0.2) is 23.0 Å². The number of nitrogens with one attached hydrogen (secondary N) is 2. The van der Waals surface area contributed by atoms with E-state index in [4.69, 9.17) is 0 Å². The van der Waals surface area contributed by atoms with Crippen LogP contribution in [0.4, 0.5) is 11.6 Å². The summed E-state index contributed by atoms with van der Waals surface area (Å²) >= 11 is 3.44. The van der Waals surface area contributed by atoms with Crippen LogP contribution in [0.25, 0.3) is 11.0 Å².